The minimum Gasteiger partial charge on any atom is -0.355 e. The van der Waals surface area contributed by atoms with E-state index in [-0.39, 0.29) is 5.91 Å². The monoisotopic (exact) mass is 272 g/mol. The number of hydrogen-bond acceptors (Lipinski definition) is 3. The average Bonchev–Trinajstić information content (AvgIpc) is 2.34. The molecular weight excluding hydrogens is 256 g/mol. The van der Waals surface area contributed by atoms with Crippen LogP contribution in [0.15, 0.2) is 29.2 Å². The third kappa shape index (κ3) is 5.96. The Morgan fingerprint density at radius 2 is 2.12 bits per heavy atom. The van der Waals surface area contributed by atoms with E-state index in [0.29, 0.717) is 23.9 Å². The standard InChI is InChI=1S/C12H17ClN2OS/c13-10-5-1-2-6-11(10)17-9-12(16)15-8-4-3-7-14/h1-2,5-6H,3-4,7-9,14H2,(H,15,16). The second-order valence-electron chi connectivity index (χ2n) is 3.56. The molecule has 1 aromatic rings. The fourth-order valence-electron chi connectivity index (χ4n) is 1.25. The maximum Gasteiger partial charge on any atom is 0.230 e. The molecule has 0 atom stereocenters. The van der Waals surface area contributed by atoms with Gasteiger partial charge in [0.1, 0.15) is 0 Å². The summed E-state index contributed by atoms with van der Waals surface area (Å²) in [6.45, 7) is 1.36. The Labute approximate surface area is 111 Å². The molecule has 0 aromatic heterocycles. The highest BCUT2D eigenvalue weighted by Gasteiger charge is 2.04. The zero-order valence-electron chi connectivity index (χ0n) is 9.62. The van der Waals surface area contributed by atoms with Crippen molar-refractivity contribution < 1.29 is 4.79 Å². The lowest BCUT2D eigenvalue weighted by Gasteiger charge is -2.05. The first-order valence-corrected chi connectivity index (χ1v) is 6.94. The zero-order chi connectivity index (χ0) is 12.5. The van der Waals surface area contributed by atoms with Gasteiger partial charge in [0.2, 0.25) is 5.91 Å². The Morgan fingerprint density at radius 3 is 2.82 bits per heavy atom. The van der Waals surface area contributed by atoms with Crippen LogP contribution >= 0.6 is 23.4 Å². The van der Waals surface area contributed by atoms with Gasteiger partial charge in [-0.25, -0.2) is 0 Å². The number of unbranched alkanes of at least 4 members (excludes halogenated alkanes) is 1. The van der Waals surface area contributed by atoms with Crippen molar-refractivity contribution in [3.63, 3.8) is 0 Å². The van der Waals surface area contributed by atoms with E-state index in [1.807, 2.05) is 24.3 Å². The molecule has 0 fully saturated rings. The highest BCUT2D eigenvalue weighted by atomic mass is 35.5. The number of carbonyl (C=O) groups excluding carboxylic acids is 1. The van der Waals surface area contributed by atoms with Gasteiger partial charge in [0.05, 0.1) is 10.8 Å². The van der Waals surface area contributed by atoms with E-state index in [1.54, 1.807) is 0 Å². The van der Waals surface area contributed by atoms with Crippen molar-refractivity contribution in [2.75, 3.05) is 18.8 Å². The maximum atomic E-state index is 11.5. The van der Waals surface area contributed by atoms with E-state index in [1.165, 1.54) is 11.8 Å². The molecule has 94 valence electrons. The summed E-state index contributed by atoms with van der Waals surface area (Å²) in [5.74, 6) is 0.429. The molecule has 5 heteroatoms. The Hall–Kier alpha value is -0.710. The maximum absolute atomic E-state index is 11.5. The average molecular weight is 273 g/mol. The number of nitrogens with two attached hydrogens (primary N) is 1. The molecule has 17 heavy (non-hydrogen) atoms. The van der Waals surface area contributed by atoms with Crippen molar-refractivity contribution in [2.24, 2.45) is 5.73 Å². The first-order chi connectivity index (χ1) is 8.24. The predicted molar refractivity (Wildman–Crippen MR) is 73.5 cm³/mol. The van der Waals surface area contributed by atoms with Crippen molar-refractivity contribution in [3.05, 3.63) is 29.3 Å². The SMILES string of the molecule is NCCCCNC(=O)CSc1ccccc1Cl. The Bertz CT molecular complexity index is 360. The van der Waals surface area contributed by atoms with Gasteiger partial charge in [-0.2, -0.15) is 0 Å². The van der Waals surface area contributed by atoms with Crippen molar-refractivity contribution >= 4 is 29.3 Å². The minimum absolute atomic E-state index is 0.0342. The number of carbonyl (C=O) groups is 1. The zero-order valence-corrected chi connectivity index (χ0v) is 11.2. The number of halogens is 1. The van der Waals surface area contributed by atoms with Crippen LogP contribution in [0.1, 0.15) is 12.8 Å². The van der Waals surface area contributed by atoms with Gasteiger partial charge in [-0.05, 0) is 31.5 Å². The van der Waals surface area contributed by atoms with Gasteiger partial charge in [-0.15, -0.1) is 11.8 Å². The van der Waals surface area contributed by atoms with Crippen LogP contribution in [0.2, 0.25) is 5.02 Å². The number of rotatable bonds is 7. The summed E-state index contributed by atoms with van der Waals surface area (Å²) in [4.78, 5) is 12.4. The molecule has 0 bridgehead atoms. The van der Waals surface area contributed by atoms with Crippen molar-refractivity contribution in [1.29, 1.82) is 0 Å². The molecule has 0 saturated carbocycles. The fourth-order valence-corrected chi connectivity index (χ4v) is 2.32. The lowest BCUT2D eigenvalue weighted by atomic mass is 10.3. The third-order valence-electron chi connectivity index (χ3n) is 2.15. The number of thioether (sulfide) groups is 1. The van der Waals surface area contributed by atoms with Crippen molar-refractivity contribution in [2.45, 2.75) is 17.7 Å². The molecule has 0 radical (unpaired) electrons. The summed E-state index contributed by atoms with van der Waals surface area (Å²) >= 11 is 7.44. The Morgan fingerprint density at radius 1 is 1.35 bits per heavy atom. The first kappa shape index (κ1) is 14.4. The van der Waals surface area contributed by atoms with Gasteiger partial charge in [-0.3, -0.25) is 4.79 Å². The van der Waals surface area contributed by atoms with Gasteiger partial charge in [0.15, 0.2) is 0 Å². The molecule has 0 aliphatic rings. The van der Waals surface area contributed by atoms with Gasteiger partial charge in [0, 0.05) is 11.4 Å². The molecule has 3 N–H and O–H groups in total. The lowest BCUT2D eigenvalue weighted by molar-refractivity contribution is -0.118. The van der Waals surface area contributed by atoms with E-state index in [0.717, 1.165) is 17.7 Å². The van der Waals surface area contributed by atoms with Gasteiger partial charge in [-0.1, -0.05) is 23.7 Å². The van der Waals surface area contributed by atoms with Gasteiger partial charge >= 0.3 is 0 Å². The minimum atomic E-state index is 0.0342. The number of amides is 1. The topological polar surface area (TPSA) is 55.1 Å². The summed E-state index contributed by atoms with van der Waals surface area (Å²) in [6.07, 6.45) is 1.87. The molecule has 1 amide bonds. The molecule has 1 rings (SSSR count). The molecule has 3 nitrogen and oxygen atoms in total. The van der Waals surface area contributed by atoms with Crippen LogP contribution in [0.3, 0.4) is 0 Å². The molecule has 0 heterocycles. The van der Waals surface area contributed by atoms with E-state index in [2.05, 4.69) is 5.32 Å². The van der Waals surface area contributed by atoms with E-state index >= 15 is 0 Å². The molecule has 1 aromatic carbocycles. The molecule has 0 aliphatic heterocycles. The second kappa shape index (κ2) is 8.39. The van der Waals surface area contributed by atoms with Crippen LogP contribution in [0, 0.1) is 0 Å². The smallest absolute Gasteiger partial charge is 0.230 e. The Balaban J connectivity index is 2.22. The summed E-state index contributed by atoms with van der Waals surface area (Å²) < 4.78 is 0. The summed E-state index contributed by atoms with van der Waals surface area (Å²) in [6, 6.07) is 7.52. The highest BCUT2D eigenvalue weighted by molar-refractivity contribution is 8.00. The summed E-state index contributed by atoms with van der Waals surface area (Å²) in [5, 5.41) is 3.54. The summed E-state index contributed by atoms with van der Waals surface area (Å²) in [7, 11) is 0. The van der Waals surface area contributed by atoms with Crippen molar-refractivity contribution in [1.82, 2.24) is 5.32 Å². The molecule has 0 saturated heterocycles. The molecule has 0 unspecified atom stereocenters. The number of hydrogen-bond donors (Lipinski definition) is 2. The van der Waals surface area contributed by atoms with E-state index in [4.69, 9.17) is 17.3 Å². The first-order valence-electron chi connectivity index (χ1n) is 5.58. The summed E-state index contributed by atoms with van der Waals surface area (Å²) in [5.41, 5.74) is 5.37. The van der Waals surface area contributed by atoms with Crippen molar-refractivity contribution in [3.8, 4) is 0 Å². The van der Waals surface area contributed by atoms with Crippen LogP contribution in [0.5, 0.6) is 0 Å². The van der Waals surface area contributed by atoms with Gasteiger partial charge < -0.3 is 11.1 Å². The van der Waals surface area contributed by atoms with Crippen LogP contribution in [-0.4, -0.2) is 24.7 Å². The molecule has 0 spiro atoms. The van der Waals surface area contributed by atoms with Crippen LogP contribution < -0.4 is 11.1 Å². The van der Waals surface area contributed by atoms with Crippen LogP contribution in [-0.2, 0) is 4.79 Å². The number of nitrogens with one attached hydrogen (secondary N) is 1. The largest absolute Gasteiger partial charge is 0.355 e. The van der Waals surface area contributed by atoms with Gasteiger partial charge in [0.25, 0.3) is 0 Å². The highest BCUT2D eigenvalue weighted by Crippen LogP contribution is 2.26. The molecular formula is C12H17ClN2OS. The number of benzene rings is 1. The predicted octanol–water partition coefficient (Wildman–Crippen LogP) is 2.29. The Kier molecular flexibility index (Phi) is 7.08. The quantitative estimate of drug-likeness (QED) is 0.591. The fraction of sp³-hybridized carbons (Fsp3) is 0.417. The third-order valence-corrected chi connectivity index (χ3v) is 3.66. The second-order valence-corrected chi connectivity index (χ2v) is 4.99. The molecule has 0 aliphatic carbocycles. The normalized spacial score (nSPS) is 10.2. The van der Waals surface area contributed by atoms with Crippen LogP contribution in [0.4, 0.5) is 0 Å². The van der Waals surface area contributed by atoms with E-state index < -0.39 is 0 Å². The van der Waals surface area contributed by atoms with E-state index in [9.17, 15) is 4.79 Å². The lowest BCUT2D eigenvalue weighted by Crippen LogP contribution is -2.26. The van der Waals surface area contributed by atoms with Crippen LogP contribution in [0.25, 0.3) is 0 Å².